The van der Waals surface area contributed by atoms with Crippen LogP contribution < -0.4 is 10.1 Å². The molecule has 0 saturated heterocycles. The van der Waals surface area contributed by atoms with Gasteiger partial charge in [0, 0.05) is 5.02 Å². The fourth-order valence-corrected chi connectivity index (χ4v) is 3.43. The summed E-state index contributed by atoms with van der Waals surface area (Å²) in [5.41, 5.74) is 1.47. The number of methoxy groups -OCH3 is 1. The van der Waals surface area contributed by atoms with Crippen LogP contribution in [-0.4, -0.2) is 13.7 Å². The van der Waals surface area contributed by atoms with E-state index in [2.05, 4.69) is 12.2 Å². The Morgan fingerprint density at radius 3 is 2.86 bits per heavy atom. The van der Waals surface area contributed by atoms with Crippen molar-refractivity contribution in [3.05, 3.63) is 50.4 Å². The van der Waals surface area contributed by atoms with E-state index in [1.54, 1.807) is 25.4 Å². The van der Waals surface area contributed by atoms with Crippen LogP contribution in [0.25, 0.3) is 0 Å². The molecular formula is C16H19ClFNOS. The highest BCUT2D eigenvalue weighted by molar-refractivity contribution is 7.10. The molecule has 1 aromatic heterocycles. The molecule has 0 aliphatic heterocycles. The van der Waals surface area contributed by atoms with Crippen molar-refractivity contribution in [3.63, 3.8) is 0 Å². The van der Waals surface area contributed by atoms with Crippen molar-refractivity contribution in [3.8, 4) is 5.75 Å². The Labute approximate surface area is 133 Å². The summed E-state index contributed by atoms with van der Waals surface area (Å²) in [6.07, 6.45) is 1.00. The Morgan fingerprint density at radius 2 is 2.19 bits per heavy atom. The highest BCUT2D eigenvalue weighted by Gasteiger charge is 2.22. The lowest BCUT2D eigenvalue weighted by Gasteiger charge is -2.21. The number of hydrogen-bond donors (Lipinski definition) is 1. The number of thiophene rings is 1. The van der Waals surface area contributed by atoms with Crippen LogP contribution in [0.1, 0.15) is 35.4 Å². The summed E-state index contributed by atoms with van der Waals surface area (Å²) in [4.78, 5) is 1.05. The monoisotopic (exact) mass is 327 g/mol. The maximum absolute atomic E-state index is 13.6. The van der Waals surface area contributed by atoms with Gasteiger partial charge in [-0.25, -0.2) is 4.39 Å². The highest BCUT2D eigenvalue weighted by atomic mass is 35.5. The maximum Gasteiger partial charge on any atom is 0.134 e. The Hall–Kier alpha value is -1.10. The third kappa shape index (κ3) is 3.57. The minimum Gasteiger partial charge on any atom is -0.496 e. The van der Waals surface area contributed by atoms with Crippen molar-refractivity contribution < 1.29 is 9.13 Å². The molecule has 0 amide bonds. The molecule has 2 aromatic rings. The zero-order valence-electron chi connectivity index (χ0n) is 12.4. The normalized spacial score (nSPS) is 12.4. The third-order valence-electron chi connectivity index (χ3n) is 3.33. The Bertz CT molecular complexity index is 614. The molecule has 5 heteroatoms. The molecule has 0 spiro atoms. The van der Waals surface area contributed by atoms with Gasteiger partial charge in [-0.1, -0.05) is 18.5 Å². The Morgan fingerprint density at radius 1 is 1.43 bits per heavy atom. The van der Waals surface area contributed by atoms with Crippen LogP contribution in [-0.2, 0) is 0 Å². The number of halogens is 2. The molecule has 0 radical (unpaired) electrons. The zero-order chi connectivity index (χ0) is 15.4. The van der Waals surface area contributed by atoms with E-state index in [1.165, 1.54) is 6.07 Å². The van der Waals surface area contributed by atoms with Gasteiger partial charge in [0.2, 0.25) is 0 Å². The molecule has 2 rings (SSSR count). The number of rotatable bonds is 6. The lowest BCUT2D eigenvalue weighted by atomic mass is 10.0. The van der Waals surface area contributed by atoms with Crippen LogP contribution in [0, 0.1) is 12.7 Å². The van der Waals surface area contributed by atoms with Crippen molar-refractivity contribution >= 4 is 22.9 Å². The van der Waals surface area contributed by atoms with Crippen molar-refractivity contribution in [1.29, 1.82) is 0 Å². The molecule has 1 N–H and O–H groups in total. The second kappa shape index (κ2) is 7.25. The number of hydrogen-bond acceptors (Lipinski definition) is 3. The van der Waals surface area contributed by atoms with E-state index in [1.807, 2.05) is 17.5 Å². The fraction of sp³-hybridized carbons (Fsp3) is 0.375. The van der Waals surface area contributed by atoms with Gasteiger partial charge in [0.1, 0.15) is 11.6 Å². The van der Waals surface area contributed by atoms with Crippen LogP contribution in [0.3, 0.4) is 0 Å². The number of nitrogens with one attached hydrogen (secondary N) is 1. The van der Waals surface area contributed by atoms with Gasteiger partial charge in [-0.05, 0) is 54.6 Å². The van der Waals surface area contributed by atoms with Gasteiger partial charge in [-0.2, -0.15) is 0 Å². The van der Waals surface area contributed by atoms with Gasteiger partial charge in [0.15, 0.2) is 0 Å². The number of aryl methyl sites for hydroxylation is 1. The summed E-state index contributed by atoms with van der Waals surface area (Å²) < 4.78 is 19.1. The number of benzene rings is 1. The van der Waals surface area contributed by atoms with E-state index in [4.69, 9.17) is 16.3 Å². The van der Waals surface area contributed by atoms with Gasteiger partial charge >= 0.3 is 0 Å². The maximum atomic E-state index is 13.6. The summed E-state index contributed by atoms with van der Waals surface area (Å²) in [5, 5.41) is 5.89. The van der Waals surface area contributed by atoms with Gasteiger partial charge < -0.3 is 10.1 Å². The van der Waals surface area contributed by atoms with E-state index in [9.17, 15) is 4.39 Å². The first-order valence-electron chi connectivity index (χ1n) is 6.88. The first kappa shape index (κ1) is 16.3. The lowest BCUT2D eigenvalue weighted by Crippen LogP contribution is -2.23. The molecular weight excluding hydrogens is 309 g/mol. The molecule has 1 aromatic carbocycles. The smallest absolute Gasteiger partial charge is 0.134 e. The van der Waals surface area contributed by atoms with E-state index < -0.39 is 0 Å². The molecule has 114 valence electrons. The molecule has 2 nitrogen and oxygen atoms in total. The van der Waals surface area contributed by atoms with Crippen LogP contribution in [0.4, 0.5) is 4.39 Å². The SMILES string of the molecule is CCCNC(c1cc(C)c(F)cc1Cl)c1sccc1OC. The molecule has 0 aliphatic carbocycles. The van der Waals surface area contributed by atoms with Crippen molar-refractivity contribution in [2.75, 3.05) is 13.7 Å². The summed E-state index contributed by atoms with van der Waals surface area (Å²) >= 11 is 7.88. The molecule has 21 heavy (non-hydrogen) atoms. The predicted octanol–water partition coefficient (Wildman–Crippen LogP) is 4.95. The molecule has 0 bridgehead atoms. The fourth-order valence-electron chi connectivity index (χ4n) is 2.22. The highest BCUT2D eigenvalue weighted by Crippen LogP contribution is 2.38. The van der Waals surface area contributed by atoms with E-state index in [0.717, 1.165) is 29.2 Å². The molecule has 0 saturated carbocycles. The average molecular weight is 328 g/mol. The van der Waals surface area contributed by atoms with Crippen LogP contribution >= 0.6 is 22.9 Å². The molecule has 0 aliphatic rings. The Balaban J connectivity index is 2.48. The van der Waals surface area contributed by atoms with E-state index >= 15 is 0 Å². The molecule has 1 atom stereocenters. The van der Waals surface area contributed by atoms with Crippen molar-refractivity contribution in [2.24, 2.45) is 0 Å². The third-order valence-corrected chi connectivity index (χ3v) is 4.62. The predicted molar refractivity (Wildman–Crippen MR) is 87.2 cm³/mol. The standard InChI is InChI=1S/C16H19ClFNOS/c1-4-6-19-15(16-14(20-3)5-7-21-16)11-8-10(2)13(18)9-12(11)17/h5,7-9,15,19H,4,6H2,1-3H3. The number of ether oxygens (including phenoxy) is 1. The van der Waals surface area contributed by atoms with Crippen LogP contribution in [0.15, 0.2) is 23.6 Å². The average Bonchev–Trinajstić information content (AvgIpc) is 2.93. The van der Waals surface area contributed by atoms with E-state index in [0.29, 0.717) is 10.6 Å². The van der Waals surface area contributed by atoms with Crippen molar-refractivity contribution in [2.45, 2.75) is 26.3 Å². The summed E-state index contributed by atoms with van der Waals surface area (Å²) in [6.45, 7) is 4.70. The van der Waals surface area contributed by atoms with Crippen molar-refractivity contribution in [1.82, 2.24) is 5.32 Å². The summed E-state index contributed by atoms with van der Waals surface area (Å²) in [6, 6.07) is 5.04. The van der Waals surface area contributed by atoms with Gasteiger partial charge in [0.05, 0.1) is 18.0 Å². The first-order valence-corrected chi connectivity index (χ1v) is 8.14. The van der Waals surface area contributed by atoms with Gasteiger partial charge in [0.25, 0.3) is 0 Å². The minimum absolute atomic E-state index is 0.0910. The topological polar surface area (TPSA) is 21.3 Å². The summed E-state index contributed by atoms with van der Waals surface area (Å²) in [5.74, 6) is 0.544. The largest absolute Gasteiger partial charge is 0.496 e. The molecule has 1 unspecified atom stereocenters. The lowest BCUT2D eigenvalue weighted by molar-refractivity contribution is 0.407. The summed E-state index contributed by atoms with van der Waals surface area (Å²) in [7, 11) is 1.65. The zero-order valence-corrected chi connectivity index (χ0v) is 13.9. The van der Waals surface area contributed by atoms with Gasteiger partial charge in [-0.3, -0.25) is 0 Å². The first-order chi connectivity index (χ1) is 10.1. The second-order valence-electron chi connectivity index (χ2n) is 4.86. The van der Waals surface area contributed by atoms with Crippen LogP contribution in [0.5, 0.6) is 5.75 Å². The Kier molecular flexibility index (Phi) is 5.62. The van der Waals surface area contributed by atoms with Gasteiger partial charge in [-0.15, -0.1) is 11.3 Å². The van der Waals surface area contributed by atoms with Crippen LogP contribution in [0.2, 0.25) is 5.02 Å². The van der Waals surface area contributed by atoms with E-state index in [-0.39, 0.29) is 11.9 Å². The quantitative estimate of drug-likeness (QED) is 0.810. The second-order valence-corrected chi connectivity index (χ2v) is 6.22. The minimum atomic E-state index is -0.281. The molecule has 0 fully saturated rings. The molecule has 1 heterocycles.